The number of rotatable bonds is 7. The summed E-state index contributed by atoms with van der Waals surface area (Å²) >= 11 is 0. The number of fused-ring (bicyclic) bond motifs is 17. The van der Waals surface area contributed by atoms with E-state index >= 15 is 0 Å². The molecular formula is C73H45N3O3. The van der Waals surface area contributed by atoms with Crippen LogP contribution in [-0.4, -0.2) is 0 Å². The first kappa shape index (κ1) is 43.7. The van der Waals surface area contributed by atoms with E-state index in [1.807, 2.05) is 18.2 Å². The number of furan rings is 2. The Labute approximate surface area is 455 Å². The summed E-state index contributed by atoms with van der Waals surface area (Å²) in [6.07, 6.45) is 0. The third kappa shape index (κ3) is 6.16. The minimum Gasteiger partial charge on any atom is -0.454 e. The van der Waals surface area contributed by atoms with E-state index in [9.17, 15) is 0 Å². The van der Waals surface area contributed by atoms with Crippen molar-refractivity contribution in [3.63, 3.8) is 0 Å². The molecule has 6 heteroatoms. The van der Waals surface area contributed by atoms with Crippen LogP contribution in [0.15, 0.2) is 282 Å². The van der Waals surface area contributed by atoms with Crippen LogP contribution in [0, 0.1) is 0 Å². The maximum atomic E-state index is 7.03. The van der Waals surface area contributed by atoms with E-state index < -0.39 is 5.41 Å². The Bertz CT molecular complexity index is 4810. The maximum Gasteiger partial charge on any atom is 0.159 e. The van der Waals surface area contributed by atoms with E-state index in [1.165, 1.54) is 27.8 Å². The van der Waals surface area contributed by atoms with Gasteiger partial charge in [0.1, 0.15) is 11.2 Å². The third-order valence-corrected chi connectivity index (χ3v) is 16.6. The van der Waals surface area contributed by atoms with Crippen LogP contribution >= 0.6 is 0 Å². The molecule has 0 amide bonds. The van der Waals surface area contributed by atoms with Gasteiger partial charge in [-0.25, -0.2) is 0 Å². The zero-order valence-corrected chi connectivity index (χ0v) is 42.5. The van der Waals surface area contributed by atoms with Crippen molar-refractivity contribution < 1.29 is 13.6 Å². The summed E-state index contributed by atoms with van der Waals surface area (Å²) in [5.74, 6) is 1.67. The fraction of sp³-hybridized carbons (Fsp3) is 0.0137. The van der Waals surface area contributed by atoms with E-state index in [1.54, 1.807) is 0 Å². The molecule has 17 rings (SSSR count). The van der Waals surface area contributed by atoms with Gasteiger partial charge in [-0.3, -0.25) is 0 Å². The van der Waals surface area contributed by atoms with E-state index in [2.05, 4.69) is 269 Å². The molecule has 0 saturated carbocycles. The fourth-order valence-corrected chi connectivity index (χ4v) is 13.4. The first-order chi connectivity index (χ1) is 39.2. The van der Waals surface area contributed by atoms with Crippen LogP contribution in [0.4, 0.5) is 51.2 Å². The van der Waals surface area contributed by atoms with Gasteiger partial charge >= 0.3 is 0 Å². The smallest absolute Gasteiger partial charge is 0.159 e. The standard InChI is InChI=1S/C73H45N3O3/c1-2-19-46(20-3-1)47-41-43-48(44-42-47)74(63-35-15-26-53-51-23-5-11-37-65(51)78-71(53)63)49-21-14-22-50(45-49)75(64-36-16-27-54-52-24-6-12-38-66(52)79-72(54)64)62-34-17-30-58-69(62)55-25-4-7-28-56(55)73(58)57-29-8-9-32-60(57)76-61-33-10-13-39-67(61)77-68-40-18-31-59(73)70(68)76/h1-45H. The Morgan fingerprint density at radius 1 is 0.329 bits per heavy atom. The van der Waals surface area contributed by atoms with Gasteiger partial charge in [0.15, 0.2) is 22.7 Å². The number of para-hydroxylation sites is 8. The summed E-state index contributed by atoms with van der Waals surface area (Å²) in [4.78, 5) is 7.19. The molecule has 1 spiro atoms. The molecule has 12 aromatic carbocycles. The second-order valence-electron chi connectivity index (χ2n) is 20.7. The molecule has 14 aromatic rings. The van der Waals surface area contributed by atoms with E-state index in [4.69, 9.17) is 13.6 Å². The number of ether oxygens (including phenoxy) is 1. The Kier molecular flexibility index (Phi) is 9.24. The van der Waals surface area contributed by atoms with Crippen LogP contribution in [0.3, 0.4) is 0 Å². The topological polar surface area (TPSA) is 45.2 Å². The molecule has 2 aliphatic heterocycles. The van der Waals surface area contributed by atoms with Crippen molar-refractivity contribution in [2.24, 2.45) is 0 Å². The number of hydrogen-bond donors (Lipinski definition) is 0. The molecule has 0 fully saturated rings. The molecule has 0 saturated heterocycles. The van der Waals surface area contributed by atoms with E-state index in [0.717, 1.165) is 123 Å². The average Bonchev–Trinajstić information content (AvgIpc) is 2.91. The molecule has 0 N–H and O–H groups in total. The second kappa shape index (κ2) is 16.7. The lowest BCUT2D eigenvalue weighted by molar-refractivity contribution is 0.473. The van der Waals surface area contributed by atoms with E-state index in [-0.39, 0.29) is 0 Å². The molecule has 370 valence electrons. The average molecular weight is 1010 g/mol. The highest BCUT2D eigenvalue weighted by Gasteiger charge is 2.54. The van der Waals surface area contributed by atoms with Crippen molar-refractivity contribution in [3.05, 3.63) is 295 Å². The predicted molar refractivity (Wildman–Crippen MR) is 321 cm³/mol. The molecule has 2 aromatic heterocycles. The summed E-state index contributed by atoms with van der Waals surface area (Å²) < 4.78 is 20.7. The van der Waals surface area contributed by atoms with Gasteiger partial charge in [-0.2, -0.15) is 0 Å². The number of benzene rings is 12. The Morgan fingerprint density at radius 2 is 0.848 bits per heavy atom. The van der Waals surface area contributed by atoms with Crippen LogP contribution in [0.5, 0.6) is 11.5 Å². The lowest BCUT2D eigenvalue weighted by Crippen LogP contribution is -2.37. The molecule has 3 aliphatic rings. The molecule has 0 radical (unpaired) electrons. The summed E-state index contributed by atoms with van der Waals surface area (Å²) in [6.45, 7) is 0. The van der Waals surface area contributed by atoms with Crippen LogP contribution in [0.25, 0.3) is 66.1 Å². The van der Waals surface area contributed by atoms with Gasteiger partial charge < -0.3 is 28.3 Å². The Morgan fingerprint density at radius 3 is 1.61 bits per heavy atom. The van der Waals surface area contributed by atoms with E-state index in [0.29, 0.717) is 0 Å². The lowest BCUT2D eigenvalue weighted by atomic mass is 9.64. The predicted octanol–water partition coefficient (Wildman–Crippen LogP) is 20.3. The first-order valence-corrected chi connectivity index (χ1v) is 26.9. The van der Waals surface area contributed by atoms with Gasteiger partial charge in [0.2, 0.25) is 0 Å². The first-order valence-electron chi connectivity index (χ1n) is 26.9. The van der Waals surface area contributed by atoms with Crippen molar-refractivity contribution in [1.29, 1.82) is 0 Å². The van der Waals surface area contributed by atoms with Crippen molar-refractivity contribution in [1.82, 2.24) is 0 Å². The summed E-state index contributed by atoms with van der Waals surface area (Å²) in [5, 5.41) is 4.26. The number of hydrogen-bond acceptors (Lipinski definition) is 6. The summed E-state index contributed by atoms with van der Waals surface area (Å²) in [7, 11) is 0. The molecule has 4 heterocycles. The van der Waals surface area contributed by atoms with Crippen molar-refractivity contribution in [2.45, 2.75) is 5.41 Å². The second-order valence-corrected chi connectivity index (χ2v) is 20.7. The molecule has 79 heavy (non-hydrogen) atoms. The minimum absolute atomic E-state index is 0.719. The zero-order valence-electron chi connectivity index (χ0n) is 42.5. The fourth-order valence-electron chi connectivity index (χ4n) is 13.4. The molecule has 1 unspecified atom stereocenters. The van der Waals surface area contributed by atoms with Gasteiger partial charge in [-0.05, 0) is 124 Å². The molecule has 1 aliphatic carbocycles. The molecule has 6 nitrogen and oxygen atoms in total. The van der Waals surface area contributed by atoms with Crippen LogP contribution in [0.2, 0.25) is 0 Å². The minimum atomic E-state index is -0.719. The third-order valence-electron chi connectivity index (χ3n) is 16.6. The normalized spacial score (nSPS) is 14.5. The highest BCUT2D eigenvalue weighted by atomic mass is 16.5. The van der Waals surface area contributed by atoms with Crippen LogP contribution < -0.4 is 19.4 Å². The largest absolute Gasteiger partial charge is 0.454 e. The highest BCUT2D eigenvalue weighted by Crippen LogP contribution is 2.68. The van der Waals surface area contributed by atoms with Gasteiger partial charge in [-0.15, -0.1) is 0 Å². The van der Waals surface area contributed by atoms with Crippen molar-refractivity contribution in [3.8, 4) is 33.8 Å². The monoisotopic (exact) mass is 1010 g/mol. The summed E-state index contributed by atoms with van der Waals surface area (Å²) in [5.41, 5.74) is 21.0. The number of nitrogens with zero attached hydrogens (tertiary/aromatic N) is 3. The Balaban J connectivity index is 0.930. The molecule has 1 atom stereocenters. The lowest BCUT2D eigenvalue weighted by Gasteiger charge is -2.47. The van der Waals surface area contributed by atoms with Crippen molar-refractivity contribution >= 4 is 95.1 Å². The highest BCUT2D eigenvalue weighted by molar-refractivity contribution is 6.13. The van der Waals surface area contributed by atoms with Crippen LogP contribution in [0.1, 0.15) is 22.3 Å². The van der Waals surface area contributed by atoms with Crippen molar-refractivity contribution in [2.75, 3.05) is 14.7 Å². The van der Waals surface area contributed by atoms with Gasteiger partial charge in [0.05, 0.1) is 39.5 Å². The van der Waals surface area contributed by atoms with Crippen LogP contribution in [-0.2, 0) is 5.41 Å². The molecular weight excluding hydrogens is 967 g/mol. The summed E-state index contributed by atoms with van der Waals surface area (Å²) in [6, 6.07) is 97.9. The Hall–Kier alpha value is -10.6. The van der Waals surface area contributed by atoms with Gasteiger partial charge in [0.25, 0.3) is 0 Å². The maximum absolute atomic E-state index is 7.03. The quantitative estimate of drug-likeness (QED) is 0.159. The van der Waals surface area contributed by atoms with Gasteiger partial charge in [-0.1, -0.05) is 188 Å². The van der Waals surface area contributed by atoms with Gasteiger partial charge in [0, 0.05) is 44.2 Å². The SMILES string of the molecule is c1ccc(-c2ccc(N(c3cccc(N(c4cccc5c4-c4ccccc4C54c5ccccc5N5c6ccccc6Oc6cccc4c65)c4cccc5c4oc4ccccc45)c3)c3cccc4c3oc3ccccc34)cc2)cc1. The number of anilines is 9. The zero-order chi connectivity index (χ0) is 51.8. The molecule has 0 bridgehead atoms.